The van der Waals surface area contributed by atoms with Crippen LogP contribution >= 0.6 is 0 Å². The number of hydrogen-bond acceptors (Lipinski definition) is 4. The minimum Gasteiger partial charge on any atom is -0.492 e. The molecule has 0 spiro atoms. The van der Waals surface area contributed by atoms with Crippen LogP contribution in [0.1, 0.15) is 36.7 Å². The zero-order chi connectivity index (χ0) is 19.4. The fourth-order valence-corrected chi connectivity index (χ4v) is 2.70. The quantitative estimate of drug-likeness (QED) is 0.550. The van der Waals surface area contributed by atoms with Crippen LogP contribution in [0.5, 0.6) is 5.75 Å². The van der Waals surface area contributed by atoms with E-state index in [1.807, 2.05) is 30.3 Å². The first-order valence-corrected chi connectivity index (χ1v) is 8.89. The van der Waals surface area contributed by atoms with Crippen molar-refractivity contribution in [3.63, 3.8) is 0 Å². The third kappa shape index (κ3) is 4.56. The van der Waals surface area contributed by atoms with Crippen molar-refractivity contribution in [1.29, 1.82) is 0 Å². The highest BCUT2D eigenvalue weighted by Gasteiger charge is 2.14. The Morgan fingerprint density at radius 2 is 1.78 bits per heavy atom. The smallest absolute Gasteiger partial charge is 0.349 e. The van der Waals surface area contributed by atoms with E-state index in [1.54, 1.807) is 24.3 Å². The third-order valence-corrected chi connectivity index (χ3v) is 4.26. The summed E-state index contributed by atoms with van der Waals surface area (Å²) in [6, 6.07) is 16.5. The molecule has 3 rings (SSSR count). The third-order valence-electron chi connectivity index (χ3n) is 4.26. The van der Waals surface area contributed by atoms with E-state index in [1.165, 1.54) is 5.56 Å². The molecule has 1 amide bonds. The Kier molecular flexibility index (Phi) is 5.31. The zero-order valence-corrected chi connectivity index (χ0v) is 15.7. The molecule has 0 fully saturated rings. The summed E-state index contributed by atoms with van der Waals surface area (Å²) in [6.07, 6.45) is 0. The maximum absolute atomic E-state index is 12.2. The van der Waals surface area contributed by atoms with Gasteiger partial charge in [0, 0.05) is 5.39 Å². The number of hydrogen-bond donors (Lipinski definition) is 1. The molecule has 1 aromatic heterocycles. The van der Waals surface area contributed by atoms with Crippen LogP contribution in [0.2, 0.25) is 0 Å². The molecule has 0 radical (unpaired) electrons. The lowest BCUT2D eigenvalue weighted by molar-refractivity contribution is 0.0943. The molecule has 27 heavy (non-hydrogen) atoms. The van der Waals surface area contributed by atoms with E-state index < -0.39 is 11.5 Å². The molecule has 0 aliphatic rings. The molecule has 1 heterocycles. The van der Waals surface area contributed by atoms with Crippen molar-refractivity contribution in [2.45, 2.75) is 26.2 Å². The van der Waals surface area contributed by atoms with Crippen molar-refractivity contribution in [2.24, 2.45) is 0 Å². The number of fused-ring (bicyclic) bond motifs is 1. The lowest BCUT2D eigenvalue weighted by atomic mass is 9.87. The van der Waals surface area contributed by atoms with Gasteiger partial charge in [-0.05, 0) is 35.2 Å². The number of rotatable bonds is 5. The molecule has 0 saturated heterocycles. The van der Waals surface area contributed by atoms with Gasteiger partial charge in [-0.2, -0.15) is 0 Å². The Morgan fingerprint density at radius 1 is 1.07 bits per heavy atom. The molecule has 140 valence electrons. The van der Waals surface area contributed by atoms with Crippen LogP contribution < -0.4 is 15.7 Å². The number of carbonyl (C=O) groups excluding carboxylic acids is 1. The monoisotopic (exact) mass is 365 g/mol. The molecule has 0 aliphatic carbocycles. The SMILES string of the molecule is CC(C)(C)c1ccc(OCCNC(=O)c2cc3ccccc3oc2=O)cc1. The maximum atomic E-state index is 12.2. The molecule has 5 heteroatoms. The predicted octanol–water partition coefficient (Wildman–Crippen LogP) is 3.90. The van der Waals surface area contributed by atoms with E-state index in [0.717, 1.165) is 5.75 Å². The van der Waals surface area contributed by atoms with Gasteiger partial charge in [0.2, 0.25) is 0 Å². The first kappa shape index (κ1) is 18.7. The molecule has 0 bridgehead atoms. The summed E-state index contributed by atoms with van der Waals surface area (Å²) in [5.41, 5.74) is 1.12. The second-order valence-electron chi connectivity index (χ2n) is 7.36. The van der Waals surface area contributed by atoms with Gasteiger partial charge in [-0.25, -0.2) is 4.79 Å². The molecule has 3 aromatic rings. The number of carbonyl (C=O) groups is 1. The van der Waals surface area contributed by atoms with Gasteiger partial charge in [0.15, 0.2) is 0 Å². The molecule has 0 aliphatic heterocycles. The number of nitrogens with one attached hydrogen (secondary N) is 1. The van der Waals surface area contributed by atoms with E-state index in [-0.39, 0.29) is 17.5 Å². The van der Waals surface area contributed by atoms with E-state index in [9.17, 15) is 9.59 Å². The lowest BCUT2D eigenvalue weighted by Gasteiger charge is -2.19. The van der Waals surface area contributed by atoms with E-state index in [2.05, 4.69) is 26.1 Å². The Hall–Kier alpha value is -3.08. The molecule has 5 nitrogen and oxygen atoms in total. The Bertz CT molecular complexity index is 997. The largest absolute Gasteiger partial charge is 0.492 e. The second-order valence-corrected chi connectivity index (χ2v) is 7.36. The van der Waals surface area contributed by atoms with Crippen molar-refractivity contribution >= 4 is 16.9 Å². The fourth-order valence-electron chi connectivity index (χ4n) is 2.70. The van der Waals surface area contributed by atoms with Gasteiger partial charge >= 0.3 is 5.63 Å². The van der Waals surface area contributed by atoms with Crippen LogP contribution in [0, 0.1) is 0 Å². The summed E-state index contributed by atoms with van der Waals surface area (Å²) in [4.78, 5) is 24.2. The fraction of sp³-hybridized carbons (Fsp3) is 0.273. The summed E-state index contributed by atoms with van der Waals surface area (Å²) < 4.78 is 10.8. The molecule has 0 saturated carbocycles. The van der Waals surface area contributed by atoms with Crippen LogP contribution in [0.3, 0.4) is 0 Å². The molecular weight excluding hydrogens is 342 g/mol. The van der Waals surface area contributed by atoms with Crippen LogP contribution in [0.4, 0.5) is 0 Å². The van der Waals surface area contributed by atoms with Gasteiger partial charge in [-0.1, -0.05) is 51.1 Å². The number of ether oxygens (including phenoxy) is 1. The van der Waals surface area contributed by atoms with E-state index in [0.29, 0.717) is 17.6 Å². The highest BCUT2D eigenvalue weighted by atomic mass is 16.5. The van der Waals surface area contributed by atoms with Crippen molar-refractivity contribution in [2.75, 3.05) is 13.2 Å². The predicted molar refractivity (Wildman–Crippen MR) is 105 cm³/mol. The van der Waals surface area contributed by atoms with Crippen LogP contribution in [0.25, 0.3) is 11.0 Å². The molecule has 2 aromatic carbocycles. The Morgan fingerprint density at radius 3 is 2.48 bits per heavy atom. The average molecular weight is 365 g/mol. The Balaban J connectivity index is 1.55. The summed E-state index contributed by atoms with van der Waals surface area (Å²) in [5.74, 6) is 0.267. The summed E-state index contributed by atoms with van der Waals surface area (Å²) in [7, 11) is 0. The zero-order valence-electron chi connectivity index (χ0n) is 15.7. The van der Waals surface area contributed by atoms with Crippen molar-refractivity contribution in [3.8, 4) is 5.75 Å². The summed E-state index contributed by atoms with van der Waals surface area (Å²) >= 11 is 0. The summed E-state index contributed by atoms with van der Waals surface area (Å²) in [5, 5.41) is 3.39. The number of amides is 1. The molecular formula is C22H23NO4. The van der Waals surface area contributed by atoms with Crippen molar-refractivity contribution in [3.05, 3.63) is 76.1 Å². The summed E-state index contributed by atoms with van der Waals surface area (Å²) in [6.45, 7) is 7.05. The number of para-hydroxylation sites is 1. The molecule has 1 N–H and O–H groups in total. The van der Waals surface area contributed by atoms with E-state index in [4.69, 9.17) is 9.15 Å². The van der Waals surface area contributed by atoms with Crippen LogP contribution in [-0.4, -0.2) is 19.1 Å². The highest BCUT2D eigenvalue weighted by Crippen LogP contribution is 2.24. The van der Waals surface area contributed by atoms with Crippen LogP contribution in [0.15, 0.2) is 63.8 Å². The topological polar surface area (TPSA) is 68.5 Å². The van der Waals surface area contributed by atoms with Gasteiger partial charge in [-0.15, -0.1) is 0 Å². The average Bonchev–Trinajstić information content (AvgIpc) is 2.64. The standard InChI is InChI=1S/C22H23NO4/c1-22(2,3)16-8-10-17(11-9-16)26-13-12-23-20(24)18-14-15-6-4-5-7-19(15)27-21(18)25/h4-11,14H,12-13H2,1-3H3,(H,23,24). The lowest BCUT2D eigenvalue weighted by Crippen LogP contribution is -2.31. The van der Waals surface area contributed by atoms with Gasteiger partial charge in [0.1, 0.15) is 23.5 Å². The highest BCUT2D eigenvalue weighted by molar-refractivity contribution is 5.96. The molecule has 0 atom stereocenters. The minimum atomic E-state index is -0.648. The van der Waals surface area contributed by atoms with Gasteiger partial charge in [0.05, 0.1) is 6.54 Å². The van der Waals surface area contributed by atoms with E-state index >= 15 is 0 Å². The Labute approximate surface area is 158 Å². The number of benzene rings is 2. The maximum Gasteiger partial charge on any atom is 0.349 e. The first-order valence-electron chi connectivity index (χ1n) is 8.89. The van der Waals surface area contributed by atoms with Crippen molar-refractivity contribution < 1.29 is 13.9 Å². The minimum absolute atomic E-state index is 0.0109. The van der Waals surface area contributed by atoms with Crippen molar-refractivity contribution in [1.82, 2.24) is 5.32 Å². The first-order chi connectivity index (χ1) is 12.8. The normalized spacial score (nSPS) is 11.4. The van der Waals surface area contributed by atoms with Gasteiger partial charge < -0.3 is 14.5 Å². The molecule has 0 unspecified atom stereocenters. The van der Waals surface area contributed by atoms with Crippen LogP contribution in [-0.2, 0) is 5.41 Å². The van der Waals surface area contributed by atoms with Gasteiger partial charge in [0.25, 0.3) is 5.91 Å². The second kappa shape index (κ2) is 7.66. The van der Waals surface area contributed by atoms with Gasteiger partial charge in [-0.3, -0.25) is 4.79 Å².